The molecule has 0 heterocycles. The van der Waals surface area contributed by atoms with E-state index in [1.165, 1.54) is 0 Å². The maximum Gasteiger partial charge on any atom is 0.472 e. The number of unbranched alkanes of at least 4 members (excludes halogenated alkanes) is 8. The maximum absolute atomic E-state index is 12.6. The fourth-order valence-electron chi connectivity index (χ4n) is 4.93. The molecule has 4 N–H and O–H groups in total. The topological polar surface area (TPSA) is 169 Å². The Bertz CT molecular complexity index is 1220. The third kappa shape index (κ3) is 38.0. The van der Waals surface area contributed by atoms with Crippen LogP contribution in [0.15, 0.2) is 85.1 Å². The van der Waals surface area contributed by atoms with Crippen molar-refractivity contribution < 1.29 is 52.9 Å². The first-order valence-corrected chi connectivity index (χ1v) is 22.1. The molecular weight excluding hydrogens is 735 g/mol. The number of phosphoric ester groups is 1. The monoisotopic (exact) mass is 808 g/mol. The van der Waals surface area contributed by atoms with E-state index in [2.05, 4.69) is 60.9 Å². The van der Waals surface area contributed by atoms with Gasteiger partial charge in [-0.3, -0.25) is 18.6 Å². The second-order valence-electron chi connectivity index (χ2n) is 13.5. The van der Waals surface area contributed by atoms with Crippen molar-refractivity contribution in [3.05, 3.63) is 85.1 Å². The van der Waals surface area contributed by atoms with Gasteiger partial charge in [0.15, 0.2) is 6.10 Å². The molecule has 0 rings (SSSR count). The van der Waals surface area contributed by atoms with Crippen molar-refractivity contribution in [1.82, 2.24) is 0 Å². The fraction of sp³-hybridized carbons (Fsp3) is 0.636. The standard InChI is InChI=1S/C44H73O11P/c1-3-5-7-8-9-10-11-12-13-14-17-20-23-26-30-34-43(48)52-38-42(39-54-56(50,51)53-37-41(47)36-45)55-44(49)35-31-27-24-21-18-15-16-19-22-25-29-33-40(46)32-28-6-4-2/h5,7,9-10,12-13,15-16,21-22,24-25,29,33,40-42,45-47H,3-4,6,8,11,14,17-20,23,26-28,30-32,34-39H2,1-2H3,(H,50,51)/b7-5-,10-9-,13-12-,16-15-,24-21-,25-22-,33-29+/t40-,41-,42+/m0/s1. The van der Waals surface area contributed by atoms with Gasteiger partial charge in [0.2, 0.25) is 0 Å². The van der Waals surface area contributed by atoms with Crippen LogP contribution >= 0.6 is 7.82 Å². The van der Waals surface area contributed by atoms with Gasteiger partial charge in [-0.2, -0.15) is 0 Å². The molecule has 0 saturated heterocycles. The Kier molecular flexibility index (Phi) is 36.9. The Morgan fingerprint density at radius 3 is 1.86 bits per heavy atom. The highest BCUT2D eigenvalue weighted by molar-refractivity contribution is 7.47. The van der Waals surface area contributed by atoms with E-state index >= 15 is 0 Å². The van der Waals surface area contributed by atoms with E-state index in [1.807, 2.05) is 42.5 Å². The van der Waals surface area contributed by atoms with E-state index in [9.17, 15) is 29.3 Å². The number of carbonyl (C=O) groups excluding carboxylic acids is 2. The first-order chi connectivity index (χ1) is 27.1. The third-order valence-corrected chi connectivity index (χ3v) is 9.09. The van der Waals surface area contributed by atoms with Crippen LogP contribution < -0.4 is 0 Å². The molecule has 11 nitrogen and oxygen atoms in total. The maximum atomic E-state index is 12.6. The smallest absolute Gasteiger partial charge is 0.462 e. The minimum absolute atomic E-state index is 0.0794. The summed E-state index contributed by atoms with van der Waals surface area (Å²) in [6.07, 6.45) is 41.7. The zero-order valence-corrected chi connectivity index (χ0v) is 35.1. The van der Waals surface area contributed by atoms with Gasteiger partial charge in [0, 0.05) is 12.8 Å². The summed E-state index contributed by atoms with van der Waals surface area (Å²) in [5, 5.41) is 28.2. The highest BCUT2D eigenvalue weighted by atomic mass is 31.2. The van der Waals surface area contributed by atoms with Crippen LogP contribution in [0.4, 0.5) is 0 Å². The van der Waals surface area contributed by atoms with Crippen molar-refractivity contribution in [2.45, 2.75) is 154 Å². The molecular formula is C44H73O11P. The van der Waals surface area contributed by atoms with E-state index in [0.29, 0.717) is 19.3 Å². The minimum Gasteiger partial charge on any atom is -0.462 e. The van der Waals surface area contributed by atoms with Crippen LogP contribution in [0.3, 0.4) is 0 Å². The molecule has 0 aromatic heterocycles. The molecule has 56 heavy (non-hydrogen) atoms. The molecule has 0 spiro atoms. The van der Waals surface area contributed by atoms with Crippen LogP contribution in [-0.4, -0.2) is 76.9 Å². The Hall–Kier alpha value is -2.89. The van der Waals surface area contributed by atoms with Gasteiger partial charge in [-0.05, 0) is 70.6 Å². The van der Waals surface area contributed by atoms with E-state index in [1.54, 1.807) is 0 Å². The summed E-state index contributed by atoms with van der Waals surface area (Å²) in [6, 6.07) is 0. The number of ether oxygens (including phenoxy) is 2. The van der Waals surface area contributed by atoms with Crippen molar-refractivity contribution >= 4 is 19.8 Å². The fourth-order valence-corrected chi connectivity index (χ4v) is 5.72. The number of rotatable bonds is 37. The molecule has 0 aromatic rings. The Morgan fingerprint density at radius 1 is 0.625 bits per heavy atom. The zero-order chi connectivity index (χ0) is 41.4. The molecule has 320 valence electrons. The van der Waals surface area contributed by atoms with Gasteiger partial charge in [-0.15, -0.1) is 0 Å². The molecule has 0 radical (unpaired) electrons. The van der Waals surface area contributed by atoms with Crippen molar-refractivity contribution in [2.24, 2.45) is 0 Å². The summed E-state index contributed by atoms with van der Waals surface area (Å²) < 4.78 is 32.6. The Balaban J connectivity index is 4.52. The zero-order valence-electron chi connectivity index (χ0n) is 34.2. The van der Waals surface area contributed by atoms with E-state index in [4.69, 9.17) is 19.1 Å². The van der Waals surface area contributed by atoms with Gasteiger partial charge < -0.3 is 29.7 Å². The van der Waals surface area contributed by atoms with Crippen molar-refractivity contribution in [2.75, 3.05) is 26.4 Å². The van der Waals surface area contributed by atoms with Crippen LogP contribution in [0.2, 0.25) is 0 Å². The molecule has 4 atom stereocenters. The summed E-state index contributed by atoms with van der Waals surface area (Å²) in [5.74, 6) is -1.05. The predicted octanol–water partition coefficient (Wildman–Crippen LogP) is 9.63. The predicted molar refractivity (Wildman–Crippen MR) is 225 cm³/mol. The molecule has 0 amide bonds. The number of phosphoric acid groups is 1. The second kappa shape index (κ2) is 39.0. The van der Waals surface area contributed by atoms with E-state index < -0.39 is 57.9 Å². The van der Waals surface area contributed by atoms with Crippen LogP contribution in [0, 0.1) is 0 Å². The lowest BCUT2D eigenvalue weighted by molar-refractivity contribution is -0.161. The van der Waals surface area contributed by atoms with Crippen LogP contribution in [0.1, 0.15) is 136 Å². The molecule has 0 aliphatic carbocycles. The summed E-state index contributed by atoms with van der Waals surface area (Å²) in [4.78, 5) is 34.9. The molecule has 0 aromatic carbocycles. The first-order valence-electron chi connectivity index (χ1n) is 20.7. The molecule has 0 bridgehead atoms. The average molecular weight is 809 g/mol. The highest BCUT2D eigenvalue weighted by Gasteiger charge is 2.27. The molecule has 0 aliphatic heterocycles. The van der Waals surface area contributed by atoms with Gasteiger partial charge in [0.05, 0.1) is 25.9 Å². The first kappa shape index (κ1) is 53.1. The van der Waals surface area contributed by atoms with Gasteiger partial charge in [-0.1, -0.05) is 137 Å². The normalized spacial score (nSPS) is 15.3. The van der Waals surface area contributed by atoms with E-state index in [-0.39, 0.29) is 19.4 Å². The number of carbonyl (C=O) groups is 2. The SMILES string of the molecule is CC/C=C\C/C=C\C/C=C\CCCCCCCC(=O)OC[C@H](COP(=O)(O)OC[C@@H](O)CO)OC(=O)CCC/C=C\C/C=C\C/C=C\C=C\[C@@H](O)CCCCC. The quantitative estimate of drug-likeness (QED) is 0.0155. The molecule has 12 heteroatoms. The lowest BCUT2D eigenvalue weighted by atomic mass is 10.1. The van der Waals surface area contributed by atoms with Gasteiger partial charge >= 0.3 is 19.8 Å². The Labute approximate surface area is 337 Å². The summed E-state index contributed by atoms with van der Waals surface area (Å²) in [5.41, 5.74) is 0. The van der Waals surface area contributed by atoms with Crippen LogP contribution in [0.5, 0.6) is 0 Å². The molecule has 1 unspecified atom stereocenters. The number of hydrogen-bond donors (Lipinski definition) is 4. The summed E-state index contributed by atoms with van der Waals surface area (Å²) in [7, 11) is -4.65. The van der Waals surface area contributed by atoms with Gasteiger partial charge in [0.1, 0.15) is 12.7 Å². The van der Waals surface area contributed by atoms with Crippen molar-refractivity contribution in [1.29, 1.82) is 0 Å². The van der Waals surface area contributed by atoms with Crippen LogP contribution in [0.25, 0.3) is 0 Å². The number of aliphatic hydroxyl groups excluding tert-OH is 3. The molecule has 0 aliphatic rings. The third-order valence-electron chi connectivity index (χ3n) is 8.14. The second-order valence-corrected chi connectivity index (χ2v) is 14.9. The van der Waals surface area contributed by atoms with Crippen LogP contribution in [-0.2, 0) is 32.7 Å². The molecule has 0 saturated carbocycles. The van der Waals surface area contributed by atoms with Crippen molar-refractivity contribution in [3.8, 4) is 0 Å². The lowest BCUT2D eigenvalue weighted by Gasteiger charge is -2.20. The number of esters is 2. The average Bonchev–Trinajstić information content (AvgIpc) is 3.18. The Morgan fingerprint density at radius 2 is 1.20 bits per heavy atom. The summed E-state index contributed by atoms with van der Waals surface area (Å²) in [6.45, 7) is 2.01. The number of allylic oxidation sites excluding steroid dienone is 13. The highest BCUT2D eigenvalue weighted by Crippen LogP contribution is 2.43. The van der Waals surface area contributed by atoms with Gasteiger partial charge in [-0.25, -0.2) is 4.57 Å². The van der Waals surface area contributed by atoms with Gasteiger partial charge in [0.25, 0.3) is 0 Å². The largest absolute Gasteiger partial charge is 0.472 e. The minimum atomic E-state index is -4.65. The lowest BCUT2D eigenvalue weighted by Crippen LogP contribution is -2.29. The number of aliphatic hydroxyl groups is 3. The van der Waals surface area contributed by atoms with Crippen molar-refractivity contribution in [3.63, 3.8) is 0 Å². The summed E-state index contributed by atoms with van der Waals surface area (Å²) >= 11 is 0. The number of hydrogen-bond acceptors (Lipinski definition) is 10. The molecule has 0 fully saturated rings. The van der Waals surface area contributed by atoms with E-state index in [0.717, 1.165) is 89.9 Å².